The summed E-state index contributed by atoms with van der Waals surface area (Å²) in [6, 6.07) is -0.669. The molecule has 1 aliphatic heterocycles. The molecule has 116 valence electrons. The normalized spacial score (nSPS) is 29.4. The van der Waals surface area contributed by atoms with E-state index in [1.54, 1.807) is 14.0 Å². The van der Waals surface area contributed by atoms with E-state index >= 15 is 0 Å². The minimum absolute atomic E-state index is 0.0880. The van der Waals surface area contributed by atoms with Crippen molar-refractivity contribution < 1.29 is 14.3 Å². The molecule has 1 heterocycles. The predicted molar refractivity (Wildman–Crippen MR) is 78.5 cm³/mol. The van der Waals surface area contributed by atoms with Gasteiger partial charge in [-0.15, -0.1) is 0 Å². The van der Waals surface area contributed by atoms with Crippen molar-refractivity contribution >= 4 is 12.1 Å². The number of hydrogen-bond donors (Lipinski definition) is 1. The highest BCUT2D eigenvalue weighted by Crippen LogP contribution is 2.35. The third-order valence-corrected chi connectivity index (χ3v) is 5.12. The lowest BCUT2D eigenvalue weighted by Gasteiger charge is -2.42. The quantitative estimate of drug-likeness (QED) is 0.706. The summed E-state index contributed by atoms with van der Waals surface area (Å²) >= 11 is 0. The van der Waals surface area contributed by atoms with Gasteiger partial charge in [0.05, 0.1) is 11.6 Å². The highest BCUT2D eigenvalue weighted by atomic mass is 16.5. The Balaban J connectivity index is 3.08. The standard InChI is InChI=1S/C15H28N2O3/c1-6-15(7-2,20-5)14(16)13-11(9-18)8-12(10(3)19)17(13)4/h9,11-14H,6-8,16H2,1-5H3/t11-,12+,13+,14?/m0/s1. The number of nitrogens with zero attached hydrogens (tertiary/aromatic N) is 1. The summed E-state index contributed by atoms with van der Waals surface area (Å²) in [5.41, 5.74) is 6.02. The van der Waals surface area contributed by atoms with Gasteiger partial charge in [-0.05, 0) is 33.2 Å². The van der Waals surface area contributed by atoms with Gasteiger partial charge in [-0.1, -0.05) is 13.8 Å². The van der Waals surface area contributed by atoms with Gasteiger partial charge in [0.25, 0.3) is 0 Å². The Kier molecular flexibility index (Phi) is 5.86. The van der Waals surface area contributed by atoms with Crippen molar-refractivity contribution in [3.63, 3.8) is 0 Å². The number of nitrogens with two attached hydrogens (primary N) is 1. The lowest BCUT2D eigenvalue weighted by Crippen LogP contribution is -2.60. The number of likely N-dealkylation sites (tertiary alicyclic amines) is 1. The molecule has 0 aromatic carbocycles. The first-order valence-electron chi connectivity index (χ1n) is 7.36. The monoisotopic (exact) mass is 284 g/mol. The van der Waals surface area contributed by atoms with Gasteiger partial charge in [0.1, 0.15) is 12.1 Å². The summed E-state index contributed by atoms with van der Waals surface area (Å²) in [5.74, 6) is -0.124. The molecule has 20 heavy (non-hydrogen) atoms. The van der Waals surface area contributed by atoms with E-state index in [-0.39, 0.29) is 29.8 Å². The summed E-state index contributed by atoms with van der Waals surface area (Å²) in [7, 11) is 3.55. The molecular formula is C15H28N2O3. The molecule has 0 saturated carbocycles. The van der Waals surface area contributed by atoms with Crippen molar-refractivity contribution in [2.24, 2.45) is 11.7 Å². The van der Waals surface area contributed by atoms with Crippen molar-refractivity contribution in [3.8, 4) is 0 Å². The molecule has 1 fully saturated rings. The van der Waals surface area contributed by atoms with Gasteiger partial charge in [0.15, 0.2) is 0 Å². The van der Waals surface area contributed by atoms with Crippen LogP contribution in [-0.2, 0) is 14.3 Å². The molecule has 1 aliphatic rings. The first kappa shape index (κ1) is 17.3. The van der Waals surface area contributed by atoms with Gasteiger partial charge in [0.2, 0.25) is 0 Å². The number of ether oxygens (including phenoxy) is 1. The summed E-state index contributed by atoms with van der Waals surface area (Å²) in [6.07, 6.45) is 3.06. The number of ketones is 1. The van der Waals surface area contributed by atoms with Crippen molar-refractivity contribution in [2.75, 3.05) is 14.2 Å². The smallest absolute Gasteiger partial charge is 0.146 e. The molecule has 0 spiro atoms. The van der Waals surface area contributed by atoms with Gasteiger partial charge in [-0.25, -0.2) is 0 Å². The third-order valence-electron chi connectivity index (χ3n) is 5.12. The molecule has 0 bridgehead atoms. The van der Waals surface area contributed by atoms with Crippen molar-refractivity contribution in [2.45, 2.75) is 63.8 Å². The Morgan fingerprint density at radius 3 is 2.40 bits per heavy atom. The number of carbonyl (C=O) groups is 2. The Labute approximate surface area is 121 Å². The van der Waals surface area contributed by atoms with Gasteiger partial charge in [0, 0.05) is 25.1 Å². The summed E-state index contributed by atoms with van der Waals surface area (Å²) < 4.78 is 5.69. The molecule has 0 aromatic rings. The number of rotatable bonds is 7. The van der Waals surface area contributed by atoms with Crippen LogP contribution in [0.2, 0.25) is 0 Å². The predicted octanol–water partition coefficient (Wildman–Crippen LogP) is 0.996. The van der Waals surface area contributed by atoms with Crippen molar-refractivity contribution in [3.05, 3.63) is 0 Å². The van der Waals surface area contributed by atoms with E-state index in [0.717, 1.165) is 19.1 Å². The SMILES string of the molecule is CCC(CC)(OC)C(N)[C@H]1[C@H](C=O)C[C@H](C(C)=O)N1C. The van der Waals surface area contributed by atoms with Crippen LogP contribution in [0.5, 0.6) is 0 Å². The highest BCUT2D eigenvalue weighted by molar-refractivity contribution is 5.82. The lowest BCUT2D eigenvalue weighted by atomic mass is 9.80. The maximum absolute atomic E-state index is 11.7. The highest BCUT2D eigenvalue weighted by Gasteiger charge is 2.49. The van der Waals surface area contributed by atoms with Crippen molar-refractivity contribution in [1.29, 1.82) is 0 Å². The van der Waals surface area contributed by atoms with E-state index < -0.39 is 5.60 Å². The van der Waals surface area contributed by atoms with E-state index in [9.17, 15) is 9.59 Å². The Morgan fingerprint density at radius 1 is 1.50 bits per heavy atom. The topological polar surface area (TPSA) is 72.6 Å². The molecule has 0 aliphatic carbocycles. The number of carbonyl (C=O) groups excluding carboxylic acids is 2. The van der Waals surface area contributed by atoms with E-state index in [4.69, 9.17) is 10.5 Å². The van der Waals surface area contributed by atoms with E-state index in [1.807, 2.05) is 25.8 Å². The minimum Gasteiger partial charge on any atom is -0.377 e. The summed E-state index contributed by atoms with van der Waals surface area (Å²) in [5, 5.41) is 0. The van der Waals surface area contributed by atoms with Crippen LogP contribution >= 0.6 is 0 Å². The van der Waals surface area contributed by atoms with E-state index in [0.29, 0.717) is 6.42 Å². The number of Topliss-reactive ketones (excluding diaryl/α,β-unsaturated/α-hetero) is 1. The molecule has 1 unspecified atom stereocenters. The molecule has 1 saturated heterocycles. The molecule has 0 aromatic heterocycles. The Morgan fingerprint density at radius 2 is 2.05 bits per heavy atom. The van der Waals surface area contributed by atoms with Crippen LogP contribution in [-0.4, -0.2) is 54.9 Å². The molecular weight excluding hydrogens is 256 g/mol. The average molecular weight is 284 g/mol. The molecule has 2 N–H and O–H groups in total. The second-order valence-corrected chi connectivity index (χ2v) is 5.82. The molecule has 5 heteroatoms. The van der Waals surface area contributed by atoms with E-state index in [1.165, 1.54) is 0 Å². The van der Waals surface area contributed by atoms with Crippen LogP contribution in [0.1, 0.15) is 40.0 Å². The van der Waals surface area contributed by atoms with Crippen LogP contribution in [0.25, 0.3) is 0 Å². The minimum atomic E-state index is -0.453. The fourth-order valence-corrected chi connectivity index (χ4v) is 3.64. The third kappa shape index (κ3) is 2.80. The molecule has 1 rings (SSSR count). The number of methoxy groups -OCH3 is 1. The fraction of sp³-hybridized carbons (Fsp3) is 0.867. The van der Waals surface area contributed by atoms with E-state index in [2.05, 4.69) is 0 Å². The molecule has 5 nitrogen and oxygen atoms in total. The molecule has 4 atom stereocenters. The van der Waals surface area contributed by atoms with Crippen molar-refractivity contribution in [1.82, 2.24) is 4.90 Å². The number of likely N-dealkylation sites (N-methyl/N-ethyl adjacent to an activating group) is 1. The number of aldehydes is 1. The van der Waals surface area contributed by atoms with Crippen LogP contribution in [0.15, 0.2) is 0 Å². The van der Waals surface area contributed by atoms with Crippen LogP contribution < -0.4 is 5.73 Å². The molecule has 0 radical (unpaired) electrons. The second-order valence-electron chi connectivity index (χ2n) is 5.82. The maximum atomic E-state index is 11.7. The second kappa shape index (κ2) is 6.78. The average Bonchev–Trinajstić information content (AvgIpc) is 2.78. The zero-order valence-corrected chi connectivity index (χ0v) is 13.3. The zero-order chi connectivity index (χ0) is 15.5. The zero-order valence-electron chi connectivity index (χ0n) is 13.3. The summed E-state index contributed by atoms with van der Waals surface area (Å²) in [4.78, 5) is 25.1. The van der Waals surface area contributed by atoms with Gasteiger partial charge < -0.3 is 15.3 Å². The van der Waals surface area contributed by atoms with Crippen LogP contribution in [0, 0.1) is 5.92 Å². The Hall–Kier alpha value is -0.780. The summed E-state index contributed by atoms with van der Waals surface area (Å²) in [6.45, 7) is 5.65. The lowest BCUT2D eigenvalue weighted by molar-refractivity contribution is -0.122. The fourth-order valence-electron chi connectivity index (χ4n) is 3.64. The van der Waals surface area contributed by atoms with Gasteiger partial charge in [-0.2, -0.15) is 0 Å². The first-order chi connectivity index (χ1) is 9.38. The molecule has 0 amide bonds. The van der Waals surface area contributed by atoms with Crippen LogP contribution in [0.4, 0.5) is 0 Å². The largest absolute Gasteiger partial charge is 0.377 e. The van der Waals surface area contributed by atoms with Crippen LogP contribution in [0.3, 0.4) is 0 Å². The van der Waals surface area contributed by atoms with Gasteiger partial charge >= 0.3 is 0 Å². The van der Waals surface area contributed by atoms with Gasteiger partial charge in [-0.3, -0.25) is 9.69 Å². The number of hydrogen-bond acceptors (Lipinski definition) is 5. The Bertz CT molecular complexity index is 347. The maximum Gasteiger partial charge on any atom is 0.146 e. The first-order valence-corrected chi connectivity index (χ1v) is 7.36.